The number of ether oxygens (including phenoxy) is 1. The summed E-state index contributed by atoms with van der Waals surface area (Å²) in [5.41, 5.74) is 3.49. The average Bonchev–Trinajstić information content (AvgIpc) is 2.97. The Hall–Kier alpha value is -2.33. The molecule has 0 spiro atoms. The number of aromatic nitrogens is 2. The molecule has 0 saturated carbocycles. The molecule has 3 aromatic rings. The van der Waals surface area contributed by atoms with E-state index in [1.54, 1.807) is 13.8 Å². The highest BCUT2D eigenvalue weighted by molar-refractivity contribution is 5.76. The molecule has 0 unspecified atom stereocenters. The molecule has 26 heavy (non-hydrogen) atoms. The Bertz CT molecular complexity index is 891. The molecule has 0 aliphatic carbocycles. The number of nitrogens with zero attached hydrogens (tertiary/aromatic N) is 2. The number of aliphatic hydroxyl groups is 1. The Morgan fingerprint density at radius 3 is 2.58 bits per heavy atom. The van der Waals surface area contributed by atoms with Gasteiger partial charge in [0.15, 0.2) is 0 Å². The number of para-hydroxylation sites is 2. The molecular formula is C22H28N2O2. The number of imidazole rings is 1. The van der Waals surface area contributed by atoms with Crippen LogP contribution >= 0.6 is 0 Å². The van der Waals surface area contributed by atoms with Crippen LogP contribution in [0.25, 0.3) is 11.0 Å². The van der Waals surface area contributed by atoms with E-state index < -0.39 is 5.60 Å². The van der Waals surface area contributed by atoms with Crippen molar-refractivity contribution < 1.29 is 9.84 Å². The van der Waals surface area contributed by atoms with Gasteiger partial charge in [-0.05, 0) is 69.9 Å². The van der Waals surface area contributed by atoms with Gasteiger partial charge in [0.1, 0.15) is 17.2 Å². The highest BCUT2D eigenvalue weighted by Crippen LogP contribution is 2.25. The topological polar surface area (TPSA) is 47.3 Å². The summed E-state index contributed by atoms with van der Waals surface area (Å²) < 4.78 is 8.08. The summed E-state index contributed by atoms with van der Waals surface area (Å²) in [6.45, 7) is 9.27. The summed E-state index contributed by atoms with van der Waals surface area (Å²) in [7, 11) is 0. The first kappa shape index (κ1) is 18.5. The maximum absolute atomic E-state index is 10.5. The predicted molar refractivity (Wildman–Crippen MR) is 106 cm³/mol. The summed E-state index contributed by atoms with van der Waals surface area (Å²) >= 11 is 0. The van der Waals surface area contributed by atoms with Crippen LogP contribution in [0.2, 0.25) is 0 Å². The molecular weight excluding hydrogens is 324 g/mol. The van der Waals surface area contributed by atoms with Crippen molar-refractivity contribution in [1.29, 1.82) is 0 Å². The third-order valence-electron chi connectivity index (χ3n) is 4.79. The van der Waals surface area contributed by atoms with E-state index in [-0.39, 0.29) is 0 Å². The van der Waals surface area contributed by atoms with Crippen molar-refractivity contribution in [3.63, 3.8) is 0 Å². The molecule has 0 atom stereocenters. The number of hydrogen-bond donors (Lipinski definition) is 1. The maximum Gasteiger partial charge on any atom is 0.141 e. The smallest absolute Gasteiger partial charge is 0.141 e. The first-order valence-electron chi connectivity index (χ1n) is 9.25. The molecule has 4 heteroatoms. The van der Waals surface area contributed by atoms with Crippen LogP contribution in [0.4, 0.5) is 0 Å². The van der Waals surface area contributed by atoms with Crippen LogP contribution in [0.1, 0.15) is 43.6 Å². The highest BCUT2D eigenvalue weighted by Gasteiger charge is 2.24. The van der Waals surface area contributed by atoms with Crippen molar-refractivity contribution in [1.82, 2.24) is 9.55 Å². The lowest BCUT2D eigenvalue weighted by atomic mass is 10.1. The summed E-state index contributed by atoms with van der Waals surface area (Å²) in [6.07, 6.45) is 1.92. The molecule has 0 aliphatic heterocycles. The minimum atomic E-state index is -0.964. The Labute approximate surface area is 155 Å². The van der Waals surface area contributed by atoms with E-state index in [9.17, 15) is 5.11 Å². The molecule has 0 aliphatic rings. The fourth-order valence-electron chi connectivity index (χ4n) is 3.20. The van der Waals surface area contributed by atoms with Crippen LogP contribution in [0.3, 0.4) is 0 Å². The standard InChI is InChI=1S/C22H28N2O2/c1-16-10-9-13-20(17(16)2)26-15-8-7-14-24-19-12-6-5-11-18(19)23-21(24)22(3,4)25/h5-6,9-13,25H,7-8,14-15H2,1-4H3. The van der Waals surface area contributed by atoms with Crippen molar-refractivity contribution in [2.75, 3.05) is 6.61 Å². The second kappa shape index (κ2) is 7.50. The van der Waals surface area contributed by atoms with Crippen molar-refractivity contribution in [2.45, 2.75) is 52.7 Å². The van der Waals surface area contributed by atoms with Gasteiger partial charge in [-0.1, -0.05) is 24.3 Å². The number of unbranched alkanes of at least 4 members (excludes halogenated alkanes) is 1. The van der Waals surface area contributed by atoms with Crippen molar-refractivity contribution in [2.24, 2.45) is 0 Å². The molecule has 0 radical (unpaired) electrons. The molecule has 1 heterocycles. The lowest BCUT2D eigenvalue weighted by molar-refractivity contribution is 0.0650. The molecule has 0 fully saturated rings. The number of aryl methyl sites for hydroxylation is 2. The van der Waals surface area contributed by atoms with Crippen LogP contribution in [0.15, 0.2) is 42.5 Å². The lowest BCUT2D eigenvalue weighted by Gasteiger charge is -2.19. The monoisotopic (exact) mass is 352 g/mol. The summed E-state index contributed by atoms with van der Waals surface area (Å²) in [5, 5.41) is 10.5. The molecule has 3 rings (SSSR count). The highest BCUT2D eigenvalue weighted by atomic mass is 16.5. The molecule has 2 aromatic carbocycles. The first-order chi connectivity index (χ1) is 12.4. The summed E-state index contributed by atoms with van der Waals surface area (Å²) in [4.78, 5) is 4.63. The van der Waals surface area contributed by atoms with Crippen molar-refractivity contribution >= 4 is 11.0 Å². The van der Waals surface area contributed by atoms with Gasteiger partial charge in [0.05, 0.1) is 17.6 Å². The zero-order valence-electron chi connectivity index (χ0n) is 16.1. The van der Waals surface area contributed by atoms with Gasteiger partial charge < -0.3 is 14.4 Å². The Kier molecular flexibility index (Phi) is 5.33. The number of rotatable bonds is 7. The summed E-state index contributed by atoms with van der Waals surface area (Å²) in [6, 6.07) is 14.2. The normalized spacial score (nSPS) is 11.9. The molecule has 4 nitrogen and oxygen atoms in total. The van der Waals surface area contributed by atoms with Gasteiger partial charge in [0, 0.05) is 6.54 Å². The van der Waals surface area contributed by atoms with Crippen LogP contribution in [0, 0.1) is 13.8 Å². The van der Waals surface area contributed by atoms with Gasteiger partial charge in [-0.2, -0.15) is 0 Å². The third kappa shape index (κ3) is 3.91. The minimum absolute atomic E-state index is 0.689. The number of hydrogen-bond acceptors (Lipinski definition) is 3. The molecule has 138 valence electrons. The molecule has 1 aromatic heterocycles. The Morgan fingerprint density at radius 1 is 1.04 bits per heavy atom. The van der Waals surface area contributed by atoms with Gasteiger partial charge >= 0.3 is 0 Å². The van der Waals surface area contributed by atoms with E-state index in [0.717, 1.165) is 36.2 Å². The largest absolute Gasteiger partial charge is 0.493 e. The van der Waals surface area contributed by atoms with E-state index >= 15 is 0 Å². The van der Waals surface area contributed by atoms with Crippen LogP contribution < -0.4 is 4.74 Å². The Morgan fingerprint density at radius 2 is 1.81 bits per heavy atom. The predicted octanol–water partition coefficient (Wildman–Crippen LogP) is 4.74. The molecule has 1 N–H and O–H groups in total. The second-order valence-electron chi connectivity index (χ2n) is 7.39. The van der Waals surface area contributed by atoms with Crippen LogP contribution in [0.5, 0.6) is 5.75 Å². The quantitative estimate of drug-likeness (QED) is 0.625. The number of fused-ring (bicyclic) bond motifs is 1. The van der Waals surface area contributed by atoms with Gasteiger partial charge in [-0.15, -0.1) is 0 Å². The van der Waals surface area contributed by atoms with E-state index in [1.165, 1.54) is 11.1 Å². The van der Waals surface area contributed by atoms with Crippen molar-refractivity contribution in [3.8, 4) is 5.75 Å². The number of benzene rings is 2. The van der Waals surface area contributed by atoms with E-state index in [0.29, 0.717) is 12.4 Å². The average molecular weight is 352 g/mol. The van der Waals surface area contributed by atoms with Gasteiger partial charge in [0.2, 0.25) is 0 Å². The SMILES string of the molecule is Cc1cccc(OCCCCn2c(C(C)(C)O)nc3ccccc32)c1C. The molecule has 0 amide bonds. The van der Waals surface area contributed by atoms with E-state index in [1.807, 2.05) is 30.3 Å². The van der Waals surface area contributed by atoms with Crippen molar-refractivity contribution in [3.05, 3.63) is 59.4 Å². The first-order valence-corrected chi connectivity index (χ1v) is 9.25. The van der Waals surface area contributed by atoms with Crippen LogP contribution in [-0.4, -0.2) is 21.3 Å². The van der Waals surface area contributed by atoms with E-state index in [2.05, 4.69) is 35.5 Å². The lowest BCUT2D eigenvalue weighted by Crippen LogP contribution is -2.22. The molecule has 0 bridgehead atoms. The van der Waals surface area contributed by atoms with E-state index in [4.69, 9.17) is 4.74 Å². The van der Waals surface area contributed by atoms with Gasteiger partial charge in [-0.25, -0.2) is 4.98 Å². The Balaban J connectivity index is 1.64. The fraction of sp³-hybridized carbons (Fsp3) is 0.409. The maximum atomic E-state index is 10.5. The minimum Gasteiger partial charge on any atom is -0.493 e. The van der Waals surface area contributed by atoms with Gasteiger partial charge in [0.25, 0.3) is 0 Å². The van der Waals surface area contributed by atoms with Gasteiger partial charge in [-0.3, -0.25) is 0 Å². The summed E-state index contributed by atoms with van der Waals surface area (Å²) in [5.74, 6) is 1.68. The van der Waals surface area contributed by atoms with Crippen LogP contribution in [-0.2, 0) is 12.1 Å². The zero-order valence-corrected chi connectivity index (χ0v) is 16.1. The second-order valence-corrected chi connectivity index (χ2v) is 7.39. The zero-order chi connectivity index (χ0) is 18.7. The fourth-order valence-corrected chi connectivity index (χ4v) is 3.20. The third-order valence-corrected chi connectivity index (χ3v) is 4.79. The molecule has 0 saturated heterocycles.